The minimum absolute atomic E-state index is 0.0497. The van der Waals surface area contributed by atoms with E-state index >= 15 is 0 Å². The van der Waals surface area contributed by atoms with Crippen molar-refractivity contribution < 1.29 is 4.74 Å². The molecule has 1 heterocycles. The highest BCUT2D eigenvalue weighted by atomic mass is 79.9. The molecule has 1 atom stereocenters. The Balaban J connectivity index is 1.67. The number of benzene rings is 2. The Hall–Kier alpha value is -1.70. The molecule has 0 saturated heterocycles. The highest BCUT2D eigenvalue weighted by Gasteiger charge is 2.22. The molecule has 1 N–H and O–H groups in total. The Morgan fingerprint density at radius 1 is 1.33 bits per heavy atom. The van der Waals surface area contributed by atoms with Gasteiger partial charge in [0.2, 0.25) is 0 Å². The van der Waals surface area contributed by atoms with Gasteiger partial charge in [0.05, 0.1) is 17.8 Å². The molecule has 3 rings (SSSR count). The summed E-state index contributed by atoms with van der Waals surface area (Å²) < 4.78 is 6.76. The molecule has 0 aromatic heterocycles. The standard InChI is InChI=1S/C16H12BrClN2O/c17-12-1-3-15(11(5-12)8-19)20-9-14-7-10-6-13(18)2-4-16(10)21-14/h1-6,14,20H,7,9H2. The van der Waals surface area contributed by atoms with Gasteiger partial charge in [0.1, 0.15) is 17.9 Å². The van der Waals surface area contributed by atoms with E-state index in [1.807, 2.05) is 30.3 Å². The fourth-order valence-corrected chi connectivity index (χ4v) is 2.95. The number of rotatable bonds is 3. The Labute approximate surface area is 136 Å². The van der Waals surface area contributed by atoms with Crippen molar-refractivity contribution in [3.05, 3.63) is 57.0 Å². The van der Waals surface area contributed by atoms with Gasteiger partial charge >= 0.3 is 0 Å². The molecule has 2 aromatic rings. The zero-order valence-electron chi connectivity index (χ0n) is 11.1. The molecule has 0 fully saturated rings. The fraction of sp³-hybridized carbons (Fsp3) is 0.188. The Morgan fingerprint density at radius 2 is 2.19 bits per heavy atom. The summed E-state index contributed by atoms with van der Waals surface area (Å²) in [5.74, 6) is 0.891. The normalized spacial score (nSPS) is 16.0. The predicted molar refractivity (Wildman–Crippen MR) is 86.9 cm³/mol. The van der Waals surface area contributed by atoms with Crippen LogP contribution in [0.15, 0.2) is 40.9 Å². The third-order valence-corrected chi connectivity index (χ3v) is 4.11. The molecule has 2 aromatic carbocycles. The van der Waals surface area contributed by atoms with Gasteiger partial charge in [-0.25, -0.2) is 0 Å². The number of hydrogen-bond donors (Lipinski definition) is 1. The van der Waals surface area contributed by atoms with Crippen molar-refractivity contribution in [3.8, 4) is 11.8 Å². The predicted octanol–water partition coefficient (Wildman–Crippen LogP) is 4.39. The van der Waals surface area contributed by atoms with Gasteiger partial charge in [-0.05, 0) is 42.0 Å². The third-order valence-electron chi connectivity index (χ3n) is 3.39. The van der Waals surface area contributed by atoms with Crippen molar-refractivity contribution in [2.75, 3.05) is 11.9 Å². The number of nitrogens with one attached hydrogen (secondary N) is 1. The lowest BCUT2D eigenvalue weighted by molar-refractivity contribution is 0.246. The van der Waals surface area contributed by atoms with Crippen molar-refractivity contribution in [1.29, 1.82) is 5.26 Å². The van der Waals surface area contributed by atoms with E-state index in [1.165, 1.54) is 0 Å². The smallest absolute Gasteiger partial charge is 0.123 e. The van der Waals surface area contributed by atoms with E-state index in [-0.39, 0.29) is 6.10 Å². The van der Waals surface area contributed by atoms with Crippen LogP contribution in [0.5, 0.6) is 5.75 Å². The van der Waals surface area contributed by atoms with Crippen LogP contribution in [0, 0.1) is 11.3 Å². The average Bonchev–Trinajstić information content (AvgIpc) is 2.87. The van der Waals surface area contributed by atoms with Crippen LogP contribution in [0.2, 0.25) is 5.02 Å². The van der Waals surface area contributed by atoms with Crippen LogP contribution in [0.3, 0.4) is 0 Å². The molecule has 0 bridgehead atoms. The lowest BCUT2D eigenvalue weighted by atomic mass is 10.1. The number of nitrogens with zero attached hydrogens (tertiary/aromatic N) is 1. The summed E-state index contributed by atoms with van der Waals surface area (Å²) >= 11 is 9.35. The summed E-state index contributed by atoms with van der Waals surface area (Å²) in [4.78, 5) is 0. The molecular weight excluding hydrogens is 352 g/mol. The quantitative estimate of drug-likeness (QED) is 0.879. The Morgan fingerprint density at radius 3 is 3.00 bits per heavy atom. The number of ether oxygens (including phenoxy) is 1. The fourth-order valence-electron chi connectivity index (χ4n) is 2.39. The van der Waals surface area contributed by atoms with E-state index in [9.17, 15) is 0 Å². The van der Waals surface area contributed by atoms with Crippen LogP contribution in [0.4, 0.5) is 5.69 Å². The van der Waals surface area contributed by atoms with Crippen molar-refractivity contribution >= 4 is 33.2 Å². The van der Waals surface area contributed by atoms with Crippen LogP contribution in [-0.2, 0) is 6.42 Å². The van der Waals surface area contributed by atoms with Crippen molar-refractivity contribution in [1.82, 2.24) is 0 Å². The molecule has 1 unspecified atom stereocenters. The largest absolute Gasteiger partial charge is 0.488 e. The highest BCUT2D eigenvalue weighted by Crippen LogP contribution is 2.31. The second-order valence-electron chi connectivity index (χ2n) is 4.88. The first-order valence-corrected chi connectivity index (χ1v) is 7.71. The first-order chi connectivity index (χ1) is 10.2. The minimum atomic E-state index is 0.0497. The van der Waals surface area contributed by atoms with E-state index in [0.29, 0.717) is 12.1 Å². The van der Waals surface area contributed by atoms with E-state index < -0.39 is 0 Å². The number of halogens is 2. The maximum absolute atomic E-state index is 9.15. The molecule has 21 heavy (non-hydrogen) atoms. The van der Waals surface area contributed by atoms with Gasteiger partial charge in [-0.2, -0.15) is 5.26 Å². The van der Waals surface area contributed by atoms with Crippen LogP contribution in [-0.4, -0.2) is 12.6 Å². The molecule has 1 aliphatic rings. The summed E-state index contributed by atoms with van der Waals surface area (Å²) in [5, 5.41) is 13.2. The number of fused-ring (bicyclic) bond motifs is 1. The molecule has 5 heteroatoms. The highest BCUT2D eigenvalue weighted by molar-refractivity contribution is 9.10. The van der Waals surface area contributed by atoms with Crippen molar-refractivity contribution in [2.24, 2.45) is 0 Å². The van der Waals surface area contributed by atoms with E-state index in [0.717, 1.165) is 32.9 Å². The molecule has 0 radical (unpaired) electrons. The van der Waals surface area contributed by atoms with E-state index in [4.69, 9.17) is 21.6 Å². The number of hydrogen-bond acceptors (Lipinski definition) is 3. The monoisotopic (exact) mass is 362 g/mol. The van der Waals surface area contributed by atoms with Gasteiger partial charge in [-0.1, -0.05) is 27.5 Å². The summed E-state index contributed by atoms with van der Waals surface area (Å²) in [5.41, 5.74) is 2.56. The van der Waals surface area contributed by atoms with E-state index in [2.05, 4.69) is 27.3 Å². The van der Waals surface area contributed by atoms with Gasteiger partial charge in [-0.3, -0.25) is 0 Å². The van der Waals surface area contributed by atoms with Gasteiger partial charge in [0.15, 0.2) is 0 Å². The summed E-state index contributed by atoms with van der Waals surface area (Å²) in [6.07, 6.45) is 0.870. The van der Waals surface area contributed by atoms with Crippen LogP contribution in [0.25, 0.3) is 0 Å². The second-order valence-corrected chi connectivity index (χ2v) is 6.23. The summed E-state index contributed by atoms with van der Waals surface area (Å²) in [6.45, 7) is 0.641. The maximum atomic E-state index is 9.15. The van der Waals surface area contributed by atoms with Gasteiger partial charge in [-0.15, -0.1) is 0 Å². The summed E-state index contributed by atoms with van der Waals surface area (Å²) in [7, 11) is 0. The molecule has 0 saturated carbocycles. The lowest BCUT2D eigenvalue weighted by Crippen LogP contribution is -2.24. The van der Waals surface area contributed by atoms with E-state index in [1.54, 1.807) is 6.07 Å². The Bertz CT molecular complexity index is 727. The topological polar surface area (TPSA) is 45.0 Å². The second kappa shape index (κ2) is 5.97. The lowest BCUT2D eigenvalue weighted by Gasteiger charge is -2.14. The Kier molecular flexibility index (Phi) is 4.05. The third kappa shape index (κ3) is 3.15. The summed E-state index contributed by atoms with van der Waals surface area (Å²) in [6, 6.07) is 13.5. The van der Waals surface area contributed by atoms with Gasteiger partial charge in [0, 0.05) is 15.9 Å². The molecule has 1 aliphatic heterocycles. The zero-order valence-corrected chi connectivity index (χ0v) is 13.4. The first kappa shape index (κ1) is 14.2. The van der Waals surface area contributed by atoms with Crippen molar-refractivity contribution in [3.63, 3.8) is 0 Å². The average molecular weight is 364 g/mol. The van der Waals surface area contributed by atoms with Crippen molar-refractivity contribution in [2.45, 2.75) is 12.5 Å². The SMILES string of the molecule is N#Cc1cc(Br)ccc1NCC1Cc2cc(Cl)ccc2O1. The first-order valence-electron chi connectivity index (χ1n) is 6.54. The van der Waals surface area contributed by atoms with Crippen LogP contribution >= 0.6 is 27.5 Å². The minimum Gasteiger partial charge on any atom is -0.488 e. The molecule has 3 nitrogen and oxygen atoms in total. The molecule has 106 valence electrons. The van der Waals surface area contributed by atoms with Crippen LogP contribution < -0.4 is 10.1 Å². The number of nitriles is 1. The number of anilines is 1. The molecule has 0 aliphatic carbocycles. The van der Waals surface area contributed by atoms with Gasteiger partial charge in [0.25, 0.3) is 0 Å². The molecule has 0 amide bonds. The van der Waals surface area contributed by atoms with Gasteiger partial charge < -0.3 is 10.1 Å². The maximum Gasteiger partial charge on any atom is 0.123 e. The zero-order chi connectivity index (χ0) is 14.8. The molecule has 0 spiro atoms. The molecular formula is C16H12BrClN2O. The van der Waals surface area contributed by atoms with Crippen LogP contribution in [0.1, 0.15) is 11.1 Å².